The molecule has 0 atom stereocenters. The minimum atomic E-state index is 0.157. The van der Waals surface area contributed by atoms with E-state index in [1.54, 1.807) is 11.9 Å². The topological polar surface area (TPSA) is 55.6 Å². The van der Waals surface area contributed by atoms with Gasteiger partial charge in [0.05, 0.1) is 6.61 Å². The van der Waals surface area contributed by atoms with Gasteiger partial charge in [-0.2, -0.15) is 0 Å². The van der Waals surface area contributed by atoms with Crippen molar-refractivity contribution in [2.45, 2.75) is 26.3 Å². The minimum Gasteiger partial charge on any atom is -0.494 e. The number of ether oxygens (including phenoxy) is 1. The van der Waals surface area contributed by atoms with Crippen molar-refractivity contribution >= 4 is 11.6 Å². The zero-order valence-electron chi connectivity index (χ0n) is 10.3. The molecular formula is C13H18N2O2. The van der Waals surface area contributed by atoms with Crippen LogP contribution in [0.3, 0.4) is 0 Å². The highest BCUT2D eigenvalue weighted by Crippen LogP contribution is 2.33. The van der Waals surface area contributed by atoms with Crippen molar-refractivity contribution < 1.29 is 9.53 Å². The van der Waals surface area contributed by atoms with Gasteiger partial charge in [0.1, 0.15) is 5.75 Å². The summed E-state index contributed by atoms with van der Waals surface area (Å²) in [6, 6.07) is 3.99. The quantitative estimate of drug-likeness (QED) is 0.861. The van der Waals surface area contributed by atoms with E-state index in [0.717, 1.165) is 29.0 Å². The lowest BCUT2D eigenvalue weighted by Gasteiger charge is -2.27. The monoisotopic (exact) mass is 234 g/mol. The van der Waals surface area contributed by atoms with Crippen molar-refractivity contribution in [3.05, 3.63) is 23.3 Å². The Morgan fingerprint density at radius 3 is 2.82 bits per heavy atom. The summed E-state index contributed by atoms with van der Waals surface area (Å²) in [5.74, 6) is 1.00. The third-order valence-electron chi connectivity index (χ3n) is 3.13. The van der Waals surface area contributed by atoms with Gasteiger partial charge >= 0.3 is 0 Å². The van der Waals surface area contributed by atoms with Crippen LogP contribution in [0.15, 0.2) is 12.1 Å². The fourth-order valence-electron chi connectivity index (χ4n) is 2.16. The largest absolute Gasteiger partial charge is 0.494 e. The van der Waals surface area contributed by atoms with Gasteiger partial charge in [0.25, 0.3) is 0 Å². The third kappa shape index (κ3) is 2.13. The first-order valence-electron chi connectivity index (χ1n) is 5.92. The molecule has 0 aliphatic carbocycles. The summed E-state index contributed by atoms with van der Waals surface area (Å²) in [5, 5.41) is 0. The molecule has 0 saturated carbocycles. The number of anilines is 1. The fraction of sp³-hybridized carbons (Fsp3) is 0.462. The Balaban J connectivity index is 2.46. The van der Waals surface area contributed by atoms with E-state index >= 15 is 0 Å². The molecule has 2 N–H and O–H groups in total. The van der Waals surface area contributed by atoms with E-state index in [2.05, 4.69) is 0 Å². The summed E-state index contributed by atoms with van der Waals surface area (Å²) in [7, 11) is 1.81. The highest BCUT2D eigenvalue weighted by molar-refractivity contribution is 5.96. The van der Waals surface area contributed by atoms with Crippen molar-refractivity contribution in [2.75, 3.05) is 18.6 Å². The first kappa shape index (κ1) is 11.9. The number of carbonyl (C=O) groups excluding carboxylic acids is 1. The molecule has 0 aromatic heterocycles. The Kier molecular flexibility index (Phi) is 3.33. The van der Waals surface area contributed by atoms with Gasteiger partial charge in [-0.15, -0.1) is 0 Å². The van der Waals surface area contributed by atoms with Crippen LogP contribution in [0.4, 0.5) is 5.69 Å². The summed E-state index contributed by atoms with van der Waals surface area (Å²) in [6.07, 6.45) is 1.35. The lowest BCUT2D eigenvalue weighted by atomic mass is 9.98. The van der Waals surface area contributed by atoms with E-state index in [9.17, 15) is 4.79 Å². The summed E-state index contributed by atoms with van der Waals surface area (Å²) >= 11 is 0. The van der Waals surface area contributed by atoms with E-state index in [1.807, 2.05) is 19.1 Å². The predicted octanol–water partition coefficient (Wildman–Crippen LogP) is 1.45. The van der Waals surface area contributed by atoms with Crippen molar-refractivity contribution in [2.24, 2.45) is 5.73 Å². The highest BCUT2D eigenvalue weighted by atomic mass is 16.5. The molecule has 1 heterocycles. The third-order valence-corrected chi connectivity index (χ3v) is 3.13. The van der Waals surface area contributed by atoms with Crippen LogP contribution < -0.4 is 15.4 Å². The molecular weight excluding hydrogens is 216 g/mol. The summed E-state index contributed by atoms with van der Waals surface area (Å²) in [5.41, 5.74) is 8.78. The van der Waals surface area contributed by atoms with E-state index in [-0.39, 0.29) is 5.91 Å². The van der Waals surface area contributed by atoms with Gasteiger partial charge in [0.15, 0.2) is 0 Å². The predicted molar refractivity (Wildman–Crippen MR) is 67.2 cm³/mol. The number of fused-ring (bicyclic) bond motifs is 1. The molecule has 4 heteroatoms. The van der Waals surface area contributed by atoms with Crippen LogP contribution in [-0.2, 0) is 17.8 Å². The van der Waals surface area contributed by atoms with E-state index in [0.29, 0.717) is 19.6 Å². The van der Waals surface area contributed by atoms with E-state index in [4.69, 9.17) is 10.5 Å². The Hall–Kier alpha value is -1.55. The summed E-state index contributed by atoms with van der Waals surface area (Å²) in [6.45, 7) is 3.00. The molecule has 0 radical (unpaired) electrons. The van der Waals surface area contributed by atoms with Crippen molar-refractivity contribution in [3.63, 3.8) is 0 Å². The molecule has 1 aliphatic heterocycles. The van der Waals surface area contributed by atoms with Gasteiger partial charge in [-0.3, -0.25) is 4.79 Å². The maximum atomic E-state index is 11.6. The molecule has 0 unspecified atom stereocenters. The molecule has 17 heavy (non-hydrogen) atoms. The zero-order chi connectivity index (χ0) is 12.4. The Labute approximate surface area is 101 Å². The molecule has 1 aromatic rings. The van der Waals surface area contributed by atoms with Gasteiger partial charge in [-0.1, -0.05) is 0 Å². The molecule has 4 nitrogen and oxygen atoms in total. The average Bonchev–Trinajstić information content (AvgIpc) is 2.34. The Morgan fingerprint density at radius 2 is 2.18 bits per heavy atom. The fourth-order valence-corrected chi connectivity index (χ4v) is 2.16. The Morgan fingerprint density at radius 1 is 1.41 bits per heavy atom. The van der Waals surface area contributed by atoms with Gasteiger partial charge < -0.3 is 15.4 Å². The van der Waals surface area contributed by atoms with Crippen LogP contribution >= 0.6 is 0 Å². The maximum Gasteiger partial charge on any atom is 0.227 e. The van der Waals surface area contributed by atoms with Crippen LogP contribution in [-0.4, -0.2) is 19.6 Å². The van der Waals surface area contributed by atoms with Crippen molar-refractivity contribution in [3.8, 4) is 5.75 Å². The molecule has 92 valence electrons. The summed E-state index contributed by atoms with van der Waals surface area (Å²) in [4.78, 5) is 13.3. The van der Waals surface area contributed by atoms with Gasteiger partial charge in [-0.25, -0.2) is 0 Å². The molecule has 0 saturated heterocycles. The molecule has 0 fully saturated rings. The van der Waals surface area contributed by atoms with Crippen LogP contribution in [0.5, 0.6) is 5.75 Å². The number of benzene rings is 1. The van der Waals surface area contributed by atoms with Crippen LogP contribution in [0, 0.1) is 0 Å². The number of carbonyl (C=O) groups is 1. The molecule has 1 aliphatic rings. The van der Waals surface area contributed by atoms with Crippen molar-refractivity contribution in [1.82, 2.24) is 0 Å². The smallest absolute Gasteiger partial charge is 0.227 e. The van der Waals surface area contributed by atoms with E-state index in [1.165, 1.54) is 0 Å². The highest BCUT2D eigenvalue weighted by Gasteiger charge is 2.22. The molecule has 2 rings (SSSR count). The first-order chi connectivity index (χ1) is 8.17. The Bertz CT molecular complexity index is 443. The maximum absolute atomic E-state index is 11.6. The number of hydrogen-bond donors (Lipinski definition) is 1. The standard InChI is InChI=1S/C13H18N2O2/c1-3-17-12-7-9-4-5-13(16)15(2)11(9)6-10(12)8-14/h6-7H,3-5,8,14H2,1-2H3. The molecule has 0 spiro atoms. The normalized spacial score (nSPS) is 14.8. The minimum absolute atomic E-state index is 0.157. The van der Waals surface area contributed by atoms with E-state index < -0.39 is 0 Å². The lowest BCUT2D eigenvalue weighted by molar-refractivity contribution is -0.118. The number of rotatable bonds is 3. The van der Waals surface area contributed by atoms with Crippen LogP contribution in [0.2, 0.25) is 0 Å². The second-order valence-corrected chi connectivity index (χ2v) is 4.18. The molecule has 1 amide bonds. The van der Waals surface area contributed by atoms with Gasteiger partial charge in [0.2, 0.25) is 5.91 Å². The van der Waals surface area contributed by atoms with Crippen LogP contribution in [0.25, 0.3) is 0 Å². The second kappa shape index (κ2) is 4.75. The number of nitrogens with two attached hydrogens (primary N) is 1. The summed E-state index contributed by atoms with van der Waals surface area (Å²) < 4.78 is 5.57. The second-order valence-electron chi connectivity index (χ2n) is 4.18. The van der Waals surface area contributed by atoms with Crippen LogP contribution in [0.1, 0.15) is 24.5 Å². The number of aryl methyl sites for hydroxylation is 1. The van der Waals surface area contributed by atoms with Crippen molar-refractivity contribution in [1.29, 1.82) is 0 Å². The molecule has 0 bridgehead atoms. The number of amides is 1. The number of nitrogens with zero attached hydrogens (tertiary/aromatic N) is 1. The average molecular weight is 234 g/mol. The lowest BCUT2D eigenvalue weighted by Crippen LogP contribution is -2.31. The van der Waals surface area contributed by atoms with Gasteiger partial charge in [-0.05, 0) is 31.0 Å². The zero-order valence-corrected chi connectivity index (χ0v) is 10.3. The SMILES string of the molecule is CCOc1cc2c(cc1CN)N(C)C(=O)CC2. The first-order valence-corrected chi connectivity index (χ1v) is 5.92. The van der Waals surface area contributed by atoms with Gasteiger partial charge in [0, 0.05) is 31.3 Å². The number of hydrogen-bond acceptors (Lipinski definition) is 3. The molecule has 1 aromatic carbocycles.